The number of hydrogen-bond acceptors (Lipinski definition) is 4. The van der Waals surface area contributed by atoms with Crippen LogP contribution in [-0.2, 0) is 6.54 Å². The molecule has 4 nitrogen and oxygen atoms in total. The lowest BCUT2D eigenvalue weighted by Gasteiger charge is -2.18. The van der Waals surface area contributed by atoms with Gasteiger partial charge in [0.05, 0.1) is 11.9 Å². The Labute approximate surface area is 159 Å². The van der Waals surface area contributed by atoms with Gasteiger partial charge in [-0.25, -0.2) is 4.98 Å². The van der Waals surface area contributed by atoms with Crippen molar-refractivity contribution in [3.05, 3.63) is 50.3 Å². The Kier molecular flexibility index (Phi) is 5.01. The largest absolute Gasteiger partial charge is 0.309 e. The van der Waals surface area contributed by atoms with Crippen molar-refractivity contribution >= 4 is 37.5 Å². The number of nitrogens with zero attached hydrogens (tertiary/aromatic N) is 2. The zero-order valence-electron chi connectivity index (χ0n) is 13.9. The molecule has 3 aromatic rings. The third-order valence-electron chi connectivity index (χ3n) is 4.72. The number of thiophene rings is 1. The quantitative estimate of drug-likeness (QED) is 0.666. The summed E-state index contributed by atoms with van der Waals surface area (Å²) in [5.41, 5.74) is 1.97. The second-order valence-electron chi connectivity index (χ2n) is 6.54. The summed E-state index contributed by atoms with van der Waals surface area (Å²) in [7, 11) is 0. The van der Waals surface area contributed by atoms with Crippen molar-refractivity contribution in [1.29, 1.82) is 0 Å². The summed E-state index contributed by atoms with van der Waals surface area (Å²) in [6.45, 7) is 2.92. The molecule has 0 radical (unpaired) electrons. The number of hydrogen-bond donors (Lipinski definition) is 1. The summed E-state index contributed by atoms with van der Waals surface area (Å²) in [5.74, 6) is 0.781. The molecule has 1 aliphatic heterocycles. The zero-order valence-corrected chi connectivity index (χ0v) is 16.3. The molecule has 0 atom stereocenters. The third kappa shape index (κ3) is 3.71. The van der Waals surface area contributed by atoms with Crippen molar-refractivity contribution in [2.75, 3.05) is 13.1 Å². The van der Waals surface area contributed by atoms with E-state index >= 15 is 0 Å². The van der Waals surface area contributed by atoms with Gasteiger partial charge >= 0.3 is 0 Å². The van der Waals surface area contributed by atoms with Gasteiger partial charge in [0.2, 0.25) is 0 Å². The van der Waals surface area contributed by atoms with E-state index in [1.807, 2.05) is 29.6 Å². The maximum Gasteiger partial charge on any atom is 0.260 e. The molecule has 4 rings (SSSR count). The molecular formula is C19H20BrN3OS. The number of rotatable bonds is 3. The molecule has 0 saturated carbocycles. The minimum absolute atomic E-state index is 0.0333. The fourth-order valence-electron chi connectivity index (χ4n) is 3.42. The summed E-state index contributed by atoms with van der Waals surface area (Å²) in [6, 6.07) is 8.04. The normalized spacial score (nSPS) is 16.2. The maximum absolute atomic E-state index is 12.7. The lowest BCUT2D eigenvalue weighted by Crippen LogP contribution is -2.26. The topological polar surface area (TPSA) is 49.0 Å². The highest BCUT2D eigenvalue weighted by atomic mass is 79.9. The van der Waals surface area contributed by atoms with Crippen LogP contribution in [0.15, 0.2) is 38.9 Å². The average Bonchev–Trinajstić information content (AvgIpc) is 2.86. The number of aromatic amines is 1. The van der Waals surface area contributed by atoms with Crippen molar-refractivity contribution in [1.82, 2.24) is 14.9 Å². The fourth-order valence-corrected chi connectivity index (χ4v) is 4.65. The first-order valence-electron chi connectivity index (χ1n) is 8.69. The summed E-state index contributed by atoms with van der Waals surface area (Å²) in [4.78, 5) is 23.7. The summed E-state index contributed by atoms with van der Waals surface area (Å²) < 4.78 is 1.03. The van der Waals surface area contributed by atoms with E-state index in [9.17, 15) is 4.79 Å². The van der Waals surface area contributed by atoms with Crippen LogP contribution in [0.5, 0.6) is 0 Å². The molecule has 0 bridgehead atoms. The Morgan fingerprint density at radius 2 is 1.84 bits per heavy atom. The van der Waals surface area contributed by atoms with Crippen LogP contribution >= 0.6 is 27.3 Å². The molecule has 0 unspecified atom stereocenters. The first-order valence-corrected chi connectivity index (χ1v) is 10.4. The smallest absolute Gasteiger partial charge is 0.260 e. The first kappa shape index (κ1) is 16.9. The monoisotopic (exact) mass is 417 g/mol. The molecule has 1 fully saturated rings. The molecule has 2 aromatic heterocycles. The minimum Gasteiger partial charge on any atom is -0.309 e. The van der Waals surface area contributed by atoms with Crippen LogP contribution in [0.1, 0.15) is 31.5 Å². The standard InChI is InChI=1S/C19H20BrN3OS/c20-14-7-5-13(6-8-14)15-12-25-19-17(15)18(24)21-16(22-19)11-23-9-3-1-2-4-10-23/h5-8,12H,1-4,9-11H2,(H,21,22,24). The predicted molar refractivity (Wildman–Crippen MR) is 107 cm³/mol. The third-order valence-corrected chi connectivity index (χ3v) is 6.12. The van der Waals surface area contributed by atoms with E-state index < -0.39 is 0 Å². The molecular weight excluding hydrogens is 398 g/mol. The van der Waals surface area contributed by atoms with Gasteiger partial charge in [-0.05, 0) is 43.6 Å². The van der Waals surface area contributed by atoms with Gasteiger partial charge < -0.3 is 4.98 Å². The Bertz CT molecular complexity index is 924. The van der Waals surface area contributed by atoms with E-state index in [1.54, 1.807) is 11.3 Å². The van der Waals surface area contributed by atoms with Gasteiger partial charge in [-0.2, -0.15) is 0 Å². The SMILES string of the molecule is O=c1[nH]c(CN2CCCCCC2)nc2scc(-c3ccc(Br)cc3)c12. The van der Waals surface area contributed by atoms with Crippen LogP contribution in [0.25, 0.3) is 21.3 Å². The van der Waals surface area contributed by atoms with Crippen molar-refractivity contribution in [3.63, 3.8) is 0 Å². The van der Waals surface area contributed by atoms with Gasteiger partial charge in [-0.1, -0.05) is 40.9 Å². The number of halogens is 1. The number of likely N-dealkylation sites (tertiary alicyclic amines) is 1. The lowest BCUT2D eigenvalue weighted by molar-refractivity contribution is 0.270. The number of aromatic nitrogens is 2. The van der Waals surface area contributed by atoms with E-state index in [1.165, 1.54) is 25.7 Å². The molecule has 130 valence electrons. The van der Waals surface area contributed by atoms with Gasteiger partial charge in [0.1, 0.15) is 10.7 Å². The number of H-pyrrole nitrogens is 1. The molecule has 6 heteroatoms. The van der Waals surface area contributed by atoms with Crippen molar-refractivity contribution in [2.24, 2.45) is 0 Å². The van der Waals surface area contributed by atoms with Crippen molar-refractivity contribution in [2.45, 2.75) is 32.2 Å². The fraction of sp³-hybridized carbons (Fsp3) is 0.368. The zero-order chi connectivity index (χ0) is 17.2. The van der Waals surface area contributed by atoms with Gasteiger partial charge in [-0.15, -0.1) is 11.3 Å². The first-order chi connectivity index (χ1) is 12.2. The average molecular weight is 418 g/mol. The summed E-state index contributed by atoms with van der Waals surface area (Å²) in [6.07, 6.45) is 5.08. The molecule has 1 N–H and O–H groups in total. The molecule has 0 amide bonds. The second-order valence-corrected chi connectivity index (χ2v) is 8.31. The van der Waals surface area contributed by atoms with Crippen LogP contribution in [0.2, 0.25) is 0 Å². The van der Waals surface area contributed by atoms with Gasteiger partial charge in [0.25, 0.3) is 5.56 Å². The predicted octanol–water partition coefficient (Wildman–Crippen LogP) is 4.79. The highest BCUT2D eigenvalue weighted by molar-refractivity contribution is 9.10. The van der Waals surface area contributed by atoms with Crippen LogP contribution in [0.3, 0.4) is 0 Å². The van der Waals surface area contributed by atoms with E-state index in [2.05, 4.69) is 25.8 Å². The van der Waals surface area contributed by atoms with Crippen LogP contribution < -0.4 is 5.56 Å². The van der Waals surface area contributed by atoms with E-state index in [-0.39, 0.29) is 5.56 Å². The summed E-state index contributed by atoms with van der Waals surface area (Å²) >= 11 is 5.00. The lowest BCUT2D eigenvalue weighted by atomic mass is 10.1. The molecule has 0 spiro atoms. The van der Waals surface area contributed by atoms with E-state index in [0.717, 1.165) is 45.9 Å². The Morgan fingerprint density at radius 3 is 2.56 bits per heavy atom. The highest BCUT2D eigenvalue weighted by Gasteiger charge is 2.15. The van der Waals surface area contributed by atoms with E-state index in [4.69, 9.17) is 4.98 Å². The van der Waals surface area contributed by atoms with Crippen LogP contribution in [0, 0.1) is 0 Å². The molecule has 1 aliphatic rings. The molecule has 1 aromatic carbocycles. The van der Waals surface area contributed by atoms with Crippen molar-refractivity contribution in [3.8, 4) is 11.1 Å². The minimum atomic E-state index is -0.0333. The molecule has 0 aliphatic carbocycles. The number of fused-ring (bicyclic) bond motifs is 1. The Morgan fingerprint density at radius 1 is 1.12 bits per heavy atom. The van der Waals surface area contributed by atoms with Crippen molar-refractivity contribution < 1.29 is 0 Å². The molecule has 25 heavy (non-hydrogen) atoms. The summed E-state index contributed by atoms with van der Waals surface area (Å²) in [5, 5.41) is 2.73. The maximum atomic E-state index is 12.7. The second kappa shape index (κ2) is 7.40. The Hall–Kier alpha value is -1.50. The van der Waals surface area contributed by atoms with Crippen LogP contribution in [-0.4, -0.2) is 28.0 Å². The van der Waals surface area contributed by atoms with Gasteiger partial charge in [0.15, 0.2) is 0 Å². The van der Waals surface area contributed by atoms with Gasteiger partial charge in [0, 0.05) is 15.4 Å². The molecule has 3 heterocycles. The molecule has 1 saturated heterocycles. The number of benzene rings is 1. The van der Waals surface area contributed by atoms with Gasteiger partial charge in [-0.3, -0.25) is 9.69 Å². The Balaban J connectivity index is 1.67. The highest BCUT2D eigenvalue weighted by Crippen LogP contribution is 2.31. The van der Waals surface area contributed by atoms with Crippen LogP contribution in [0.4, 0.5) is 0 Å². The van der Waals surface area contributed by atoms with E-state index in [0.29, 0.717) is 5.39 Å². The number of nitrogens with one attached hydrogen (secondary N) is 1.